The summed E-state index contributed by atoms with van der Waals surface area (Å²) >= 11 is 0. The van der Waals surface area contributed by atoms with Gasteiger partial charge in [-0.3, -0.25) is 0 Å². The van der Waals surface area contributed by atoms with Gasteiger partial charge in [0.2, 0.25) is 5.82 Å². The highest BCUT2D eigenvalue weighted by Crippen LogP contribution is 2.27. The number of anilines is 1. The summed E-state index contributed by atoms with van der Waals surface area (Å²) in [5.41, 5.74) is -1.06. The number of benzene rings is 1. The summed E-state index contributed by atoms with van der Waals surface area (Å²) in [4.78, 5) is 10.1. The Morgan fingerprint density at radius 3 is 1.75 bits per heavy atom. The van der Waals surface area contributed by atoms with Gasteiger partial charge in [0.1, 0.15) is 5.69 Å². The molecule has 0 aliphatic carbocycles. The molecule has 1 rings (SSSR count). The van der Waals surface area contributed by atoms with Crippen molar-refractivity contribution in [2.75, 3.05) is 25.1 Å². The van der Waals surface area contributed by atoms with Crippen molar-refractivity contribution in [3.8, 4) is 0 Å². The van der Waals surface area contributed by atoms with E-state index in [0.29, 0.717) is 12.8 Å². The topological polar surface area (TPSA) is 50.7 Å². The molecule has 24 heavy (non-hydrogen) atoms. The zero-order valence-corrected chi connectivity index (χ0v) is 14.4. The van der Waals surface area contributed by atoms with Crippen LogP contribution in [0.25, 0.3) is 0 Å². The van der Waals surface area contributed by atoms with E-state index in [2.05, 4.69) is 5.32 Å². The minimum atomic E-state index is -3.27. The van der Waals surface area contributed by atoms with Crippen molar-refractivity contribution in [2.45, 2.75) is 32.7 Å². The Kier molecular flexibility index (Phi) is 8.07. The highest BCUT2D eigenvalue weighted by atomic mass is 28.4. The fourth-order valence-electron chi connectivity index (χ4n) is 2.08. The van der Waals surface area contributed by atoms with Crippen molar-refractivity contribution < 1.29 is 35.6 Å². The first kappa shape index (κ1) is 20.8. The van der Waals surface area contributed by atoms with E-state index in [1.807, 2.05) is 0 Å². The number of hydrogen-bond acceptors (Lipinski definition) is 4. The predicted molar refractivity (Wildman–Crippen MR) is 80.0 cm³/mol. The Labute approximate surface area is 138 Å². The molecule has 0 saturated heterocycles. The smallest absolute Gasteiger partial charge is 0.390 e. The van der Waals surface area contributed by atoms with Gasteiger partial charge in [0.15, 0.2) is 23.3 Å². The van der Waals surface area contributed by atoms with Crippen LogP contribution in [0.1, 0.15) is 26.7 Å². The Morgan fingerprint density at radius 2 is 1.29 bits per heavy atom. The summed E-state index contributed by atoms with van der Waals surface area (Å²) in [6.45, 7) is 3.95. The lowest BCUT2D eigenvalue weighted by Gasteiger charge is -2.22. The molecule has 0 aromatic heterocycles. The van der Waals surface area contributed by atoms with Gasteiger partial charge in [0, 0.05) is 25.8 Å². The van der Waals surface area contributed by atoms with Gasteiger partial charge in [-0.1, -0.05) is 0 Å². The maximum absolute atomic E-state index is 13.4. The molecule has 10 heteroatoms. The van der Waals surface area contributed by atoms with Crippen LogP contribution < -0.4 is 5.32 Å². The van der Waals surface area contributed by atoms with Gasteiger partial charge in [0.25, 0.3) is 0 Å². The summed E-state index contributed by atoms with van der Waals surface area (Å²) in [7, 11) is -3.27. The summed E-state index contributed by atoms with van der Waals surface area (Å²) < 4.78 is 76.3. The monoisotopic (exact) mass is 373 g/mol. The Hall–Kier alpha value is -1.23. The first-order valence-corrected chi connectivity index (χ1v) is 9.50. The molecule has 0 radical (unpaired) electrons. The fourth-order valence-corrected chi connectivity index (χ4v) is 4.05. The van der Waals surface area contributed by atoms with Crippen LogP contribution in [0.4, 0.5) is 27.6 Å². The molecule has 0 bridgehead atoms. The van der Waals surface area contributed by atoms with Crippen LogP contribution in [0, 0.1) is 29.1 Å². The number of unbranched alkanes of at least 4 members (excludes halogenated alkanes) is 1. The molecule has 0 aliphatic heterocycles. The molecule has 0 fully saturated rings. The van der Waals surface area contributed by atoms with E-state index >= 15 is 0 Å². The zero-order chi connectivity index (χ0) is 18.3. The van der Waals surface area contributed by atoms with Crippen molar-refractivity contribution in [2.24, 2.45) is 0 Å². The van der Waals surface area contributed by atoms with E-state index in [9.17, 15) is 26.7 Å². The van der Waals surface area contributed by atoms with Gasteiger partial charge in [-0.2, -0.15) is 0 Å². The molecule has 1 aromatic rings. The lowest BCUT2D eigenvalue weighted by molar-refractivity contribution is 0.108. The van der Waals surface area contributed by atoms with E-state index in [0.717, 1.165) is 0 Å². The van der Waals surface area contributed by atoms with Gasteiger partial charge in [-0.05, 0) is 26.7 Å². The van der Waals surface area contributed by atoms with Crippen LogP contribution in [0.3, 0.4) is 0 Å². The second kappa shape index (κ2) is 9.30. The zero-order valence-electron chi connectivity index (χ0n) is 13.4. The van der Waals surface area contributed by atoms with Gasteiger partial charge in [-0.25, -0.2) is 22.0 Å². The lowest BCUT2D eigenvalue weighted by Crippen LogP contribution is -2.42. The highest BCUT2D eigenvalue weighted by molar-refractivity contribution is 6.59. The Balaban J connectivity index is 2.57. The highest BCUT2D eigenvalue weighted by Gasteiger charge is 2.35. The third-order valence-electron chi connectivity index (χ3n) is 3.17. The van der Waals surface area contributed by atoms with E-state index in [1.165, 1.54) is 0 Å². The molecule has 2 N–H and O–H groups in total. The quantitative estimate of drug-likeness (QED) is 0.216. The molecular formula is C14H20F5NO3Si. The van der Waals surface area contributed by atoms with Crippen LogP contribution >= 0.6 is 0 Å². The minimum Gasteiger partial charge on any atom is -0.390 e. The standard InChI is InChI=1S/C14H20F5NO3Si/c1-3-22-24(21,23-4-2)8-6-5-7-20-14-12(18)10(16)9(15)11(17)13(14)19/h20-21H,3-8H2,1-2H3. The molecule has 4 nitrogen and oxygen atoms in total. The minimum absolute atomic E-state index is 0.0406. The van der Waals surface area contributed by atoms with E-state index in [4.69, 9.17) is 8.85 Å². The van der Waals surface area contributed by atoms with Gasteiger partial charge in [-0.15, -0.1) is 0 Å². The molecule has 138 valence electrons. The van der Waals surface area contributed by atoms with E-state index in [-0.39, 0.29) is 25.8 Å². The summed E-state index contributed by atoms with van der Waals surface area (Å²) in [6.07, 6.45) is 0.708. The molecule has 0 unspecified atom stereocenters. The van der Waals surface area contributed by atoms with E-state index in [1.54, 1.807) is 13.8 Å². The summed E-state index contributed by atoms with van der Waals surface area (Å²) in [6, 6.07) is 0.230. The SMILES string of the molecule is CCO[Si](O)(CCCCNc1c(F)c(F)c(F)c(F)c1F)OCC. The molecule has 0 amide bonds. The third kappa shape index (κ3) is 5.13. The number of rotatable bonds is 10. The van der Waals surface area contributed by atoms with Gasteiger partial charge >= 0.3 is 8.80 Å². The van der Waals surface area contributed by atoms with Crippen LogP contribution in [-0.4, -0.2) is 33.4 Å². The Morgan fingerprint density at radius 1 is 0.833 bits per heavy atom. The van der Waals surface area contributed by atoms with Gasteiger partial charge < -0.3 is 19.0 Å². The average Bonchev–Trinajstić information content (AvgIpc) is 2.54. The van der Waals surface area contributed by atoms with Crippen molar-refractivity contribution in [3.63, 3.8) is 0 Å². The Bertz CT molecular complexity index is 527. The van der Waals surface area contributed by atoms with Crippen molar-refractivity contribution in [1.82, 2.24) is 0 Å². The predicted octanol–water partition coefficient (Wildman–Crippen LogP) is 3.58. The molecule has 1 aromatic carbocycles. The second-order valence-electron chi connectivity index (χ2n) is 4.91. The summed E-state index contributed by atoms with van der Waals surface area (Å²) in [5.74, 6) is -9.99. The first-order chi connectivity index (χ1) is 11.3. The van der Waals surface area contributed by atoms with Crippen molar-refractivity contribution in [3.05, 3.63) is 29.1 Å². The van der Waals surface area contributed by atoms with Crippen LogP contribution in [-0.2, 0) is 8.85 Å². The van der Waals surface area contributed by atoms with Crippen LogP contribution in [0.15, 0.2) is 0 Å². The molecule has 0 heterocycles. The maximum Gasteiger partial charge on any atom is 0.498 e. The van der Waals surface area contributed by atoms with Gasteiger partial charge in [0.05, 0.1) is 0 Å². The van der Waals surface area contributed by atoms with E-state index < -0.39 is 43.6 Å². The normalized spacial score (nSPS) is 11.8. The lowest BCUT2D eigenvalue weighted by atomic mass is 10.2. The molecular weight excluding hydrogens is 353 g/mol. The third-order valence-corrected chi connectivity index (χ3v) is 5.64. The van der Waals surface area contributed by atoms with Crippen molar-refractivity contribution in [1.29, 1.82) is 0 Å². The average molecular weight is 373 g/mol. The number of nitrogens with one attached hydrogen (secondary N) is 1. The number of halogens is 5. The molecule has 0 saturated carbocycles. The largest absolute Gasteiger partial charge is 0.498 e. The first-order valence-electron chi connectivity index (χ1n) is 7.53. The maximum atomic E-state index is 13.4. The van der Waals surface area contributed by atoms with Crippen molar-refractivity contribution >= 4 is 14.5 Å². The molecule has 0 spiro atoms. The fraction of sp³-hybridized carbons (Fsp3) is 0.571. The van der Waals surface area contributed by atoms with Crippen LogP contribution in [0.5, 0.6) is 0 Å². The van der Waals surface area contributed by atoms with Crippen LogP contribution in [0.2, 0.25) is 6.04 Å². The summed E-state index contributed by atoms with van der Waals surface area (Å²) in [5, 5.41) is 2.20. The second-order valence-corrected chi connectivity index (χ2v) is 7.41. The molecule has 0 aliphatic rings. The molecule has 0 atom stereocenters. The number of hydrogen-bond donors (Lipinski definition) is 2.